The second-order valence-corrected chi connectivity index (χ2v) is 0. The molecule has 54 valence electrons. The van der Waals surface area contributed by atoms with E-state index in [9.17, 15) is 0 Å². The fourth-order valence-corrected chi connectivity index (χ4v) is 0. The average Bonchev–Trinajstić information content (AvgIpc) is 0. The molecule has 0 aliphatic carbocycles. The minimum Gasteiger partial charge on any atom is -0.269 e. The van der Waals surface area contributed by atoms with Crippen LogP contribution < -0.4 is 0 Å². The van der Waals surface area contributed by atoms with Gasteiger partial charge in [0.2, 0.25) is 0 Å². The topological polar surface area (TPSA) is 0 Å². The van der Waals surface area contributed by atoms with E-state index in [1.54, 1.807) is 0 Å². The number of hydrogen-bond donors (Lipinski definition) is 0. The van der Waals surface area contributed by atoms with Gasteiger partial charge in [0.25, 0.3) is 0 Å². The molecule has 0 aromatic carbocycles. The Morgan fingerprint density at radius 3 is 0.429 bits per heavy atom. The molecule has 0 aromatic heterocycles. The van der Waals surface area contributed by atoms with Crippen molar-refractivity contribution < 1.29 is 23.5 Å². The second-order valence-electron chi connectivity index (χ2n) is 0. The van der Waals surface area contributed by atoms with Gasteiger partial charge in [0, 0.05) is 13.5 Å². The molecular formula is H6BrF5S. The first-order chi connectivity index (χ1) is 0. The quantitative estimate of drug-likeness (QED) is 0.539. The monoisotopic (exact) mass is 212 g/mol. The van der Waals surface area contributed by atoms with Gasteiger partial charge in [0.05, 0.1) is 0 Å². The Labute approximate surface area is 54.7 Å². The molecule has 0 fully saturated rings. The Bertz CT molecular complexity index is 8.04. The molecule has 0 saturated carbocycles. The molecule has 0 aromatic rings. The molecule has 0 spiro atoms. The Kier molecular flexibility index (Phi) is 164000. The van der Waals surface area contributed by atoms with E-state index in [-0.39, 0.29) is 54.0 Å². The molecular weight excluding hydrogens is 207 g/mol. The summed E-state index contributed by atoms with van der Waals surface area (Å²) in [5.74, 6) is 0. The van der Waals surface area contributed by atoms with Crippen LogP contribution in [-0.4, -0.2) is 0 Å². The Balaban J connectivity index is 0. The van der Waals surface area contributed by atoms with Crippen LogP contribution in [0.2, 0.25) is 0 Å². The van der Waals surface area contributed by atoms with Crippen molar-refractivity contribution in [3.8, 4) is 0 Å². The first-order valence-electron chi connectivity index (χ1n) is 0. The molecule has 7 heavy (non-hydrogen) atoms. The van der Waals surface area contributed by atoms with Gasteiger partial charge in [-0.05, 0) is 0 Å². The first kappa shape index (κ1) is 1360. The third kappa shape index (κ3) is 564. The minimum atomic E-state index is 0. The highest BCUT2D eigenvalue weighted by atomic mass is 79.9. The largest absolute Gasteiger partial charge is 0.269 e. The van der Waals surface area contributed by atoms with Crippen LogP contribution in [0.5, 0.6) is 0 Å². The Hall–Kier alpha value is 0.480. The van der Waals surface area contributed by atoms with Crippen LogP contribution in [0.1, 0.15) is 0 Å². The van der Waals surface area contributed by atoms with Gasteiger partial charge in [0.15, 0.2) is 0 Å². The van der Waals surface area contributed by atoms with Crippen LogP contribution in [0, 0.1) is 0 Å². The van der Waals surface area contributed by atoms with Gasteiger partial charge in [-0.25, -0.2) is 0 Å². The molecule has 0 saturated heterocycles. The highest BCUT2D eigenvalue weighted by Gasteiger charge is 0.0000280. The fourth-order valence-electron chi connectivity index (χ4n) is 0. The summed E-state index contributed by atoms with van der Waals surface area (Å²) in [4.78, 5) is 0. The zero-order valence-corrected chi connectivity index (χ0v) is 5.39. The standard InChI is InChI=1S/BrH.5FH.S/h6*1H;. The first-order valence-corrected chi connectivity index (χ1v) is 0. The van der Waals surface area contributed by atoms with Gasteiger partial charge in [-0.1, -0.05) is 0 Å². The molecule has 2 radical (unpaired) electrons. The zero-order chi connectivity index (χ0) is 0. The maximum atomic E-state index is 0. The van der Waals surface area contributed by atoms with E-state index in [0.717, 1.165) is 0 Å². The van der Waals surface area contributed by atoms with Crippen LogP contribution in [-0.2, 0) is 0 Å². The van der Waals surface area contributed by atoms with Gasteiger partial charge in [0.1, 0.15) is 0 Å². The van der Waals surface area contributed by atoms with E-state index in [1.807, 2.05) is 0 Å². The molecule has 0 aliphatic heterocycles. The van der Waals surface area contributed by atoms with E-state index in [1.165, 1.54) is 0 Å². The second kappa shape index (κ2) is 845. The summed E-state index contributed by atoms with van der Waals surface area (Å²) < 4.78 is 0. The lowest BCUT2D eigenvalue weighted by molar-refractivity contribution is 1.11. The van der Waals surface area contributed by atoms with Crippen molar-refractivity contribution in [3.63, 3.8) is 0 Å². The molecule has 0 unspecified atom stereocenters. The summed E-state index contributed by atoms with van der Waals surface area (Å²) in [5.41, 5.74) is 0. The number of rotatable bonds is 0. The van der Waals surface area contributed by atoms with E-state index >= 15 is 0 Å². The molecule has 7 heteroatoms. The molecule has 0 N–H and O–H groups in total. The van der Waals surface area contributed by atoms with Crippen LogP contribution in [0.25, 0.3) is 0 Å². The molecule has 0 rings (SSSR count). The number of hydrogen-bond acceptors (Lipinski definition) is 0. The predicted molar refractivity (Wildman–Crippen MR) is 30.4 cm³/mol. The van der Waals surface area contributed by atoms with Crippen molar-refractivity contribution >= 4 is 30.5 Å². The lowest BCUT2D eigenvalue weighted by Crippen LogP contribution is 0.419. The van der Waals surface area contributed by atoms with Gasteiger partial charge < -0.3 is 0 Å². The van der Waals surface area contributed by atoms with Crippen LogP contribution in [0.3, 0.4) is 0 Å². The molecule has 0 heterocycles. The van der Waals surface area contributed by atoms with Crippen molar-refractivity contribution in [1.29, 1.82) is 0 Å². The minimum absolute atomic E-state index is 0. The number of halogens is 6. The lowest BCUT2D eigenvalue weighted by atomic mass is 19.0. The van der Waals surface area contributed by atoms with Gasteiger partial charge in [-0.15, -0.1) is 17.0 Å². The maximum Gasteiger partial charge on any atom is 0 e. The van der Waals surface area contributed by atoms with Crippen LogP contribution in [0.4, 0.5) is 23.5 Å². The molecule has 0 nitrogen and oxygen atoms in total. The van der Waals surface area contributed by atoms with E-state index in [0.29, 0.717) is 0 Å². The van der Waals surface area contributed by atoms with Crippen LogP contribution in [0.15, 0.2) is 0 Å². The summed E-state index contributed by atoms with van der Waals surface area (Å²) in [6, 6.07) is 0. The van der Waals surface area contributed by atoms with E-state index < -0.39 is 0 Å². The van der Waals surface area contributed by atoms with Gasteiger partial charge in [-0.2, -0.15) is 0 Å². The summed E-state index contributed by atoms with van der Waals surface area (Å²) in [6.45, 7) is 0. The zero-order valence-electron chi connectivity index (χ0n) is 2.86. The average molecular weight is 213 g/mol. The molecule has 0 aliphatic rings. The van der Waals surface area contributed by atoms with E-state index in [4.69, 9.17) is 0 Å². The maximum absolute atomic E-state index is 0. The normalized spacial score (nSPS) is 0. The third-order valence-corrected chi connectivity index (χ3v) is 0. The van der Waals surface area contributed by atoms with Crippen molar-refractivity contribution in [1.82, 2.24) is 0 Å². The van der Waals surface area contributed by atoms with Crippen LogP contribution >= 0.6 is 30.5 Å². The molecule has 0 amide bonds. The Morgan fingerprint density at radius 1 is 0.429 bits per heavy atom. The van der Waals surface area contributed by atoms with Crippen molar-refractivity contribution in [3.05, 3.63) is 0 Å². The van der Waals surface area contributed by atoms with Gasteiger partial charge in [-0.3, -0.25) is 23.5 Å². The highest BCUT2D eigenvalue weighted by Crippen LogP contribution is 0.846. The van der Waals surface area contributed by atoms with Gasteiger partial charge >= 0.3 is 0 Å². The van der Waals surface area contributed by atoms with Crippen molar-refractivity contribution in [2.24, 2.45) is 0 Å². The molecule has 0 atom stereocenters. The molecule has 0 bridgehead atoms. The Morgan fingerprint density at radius 2 is 0.429 bits per heavy atom. The fraction of sp³-hybridized carbons (Fsp3) is 0. The lowest BCUT2D eigenvalue weighted by Gasteiger charge is -0.270. The summed E-state index contributed by atoms with van der Waals surface area (Å²) in [5, 5.41) is 0. The van der Waals surface area contributed by atoms with Crippen molar-refractivity contribution in [2.45, 2.75) is 0 Å². The van der Waals surface area contributed by atoms with E-state index in [2.05, 4.69) is 0 Å². The summed E-state index contributed by atoms with van der Waals surface area (Å²) >= 11 is 0. The highest BCUT2D eigenvalue weighted by molar-refractivity contribution is 8.93. The summed E-state index contributed by atoms with van der Waals surface area (Å²) in [6.07, 6.45) is 0. The predicted octanol–water partition coefficient (Wildman–Crippen LogP) is 1.99. The third-order valence-electron chi connectivity index (χ3n) is 0. The van der Waals surface area contributed by atoms with Crippen molar-refractivity contribution in [2.75, 3.05) is 0 Å². The SMILES string of the molecule is Br.F.F.F.F.F.[S]. The smallest absolute Gasteiger partial charge is 0 e. The summed E-state index contributed by atoms with van der Waals surface area (Å²) in [7, 11) is 0.